The molecule has 0 N–H and O–H groups in total. The fourth-order valence-electron chi connectivity index (χ4n) is 4.56. The summed E-state index contributed by atoms with van der Waals surface area (Å²) in [6.45, 7) is 6.15. The van der Waals surface area contributed by atoms with Crippen molar-refractivity contribution in [2.24, 2.45) is 5.92 Å². The highest BCUT2D eigenvalue weighted by Gasteiger charge is 2.28. The van der Waals surface area contributed by atoms with Gasteiger partial charge in [-0.15, -0.1) is 11.8 Å². The average molecular weight is 448 g/mol. The number of fused-ring (bicyclic) bond motifs is 1. The van der Waals surface area contributed by atoms with Crippen molar-refractivity contribution in [1.82, 2.24) is 9.61 Å². The van der Waals surface area contributed by atoms with Crippen LogP contribution in [0.3, 0.4) is 0 Å². The van der Waals surface area contributed by atoms with E-state index in [0.717, 1.165) is 41.0 Å². The lowest BCUT2D eigenvalue weighted by molar-refractivity contribution is 0.414. The highest BCUT2D eigenvalue weighted by molar-refractivity contribution is 7.98. The number of ether oxygens (including phenoxy) is 1. The van der Waals surface area contributed by atoms with Gasteiger partial charge in [-0.3, -0.25) is 0 Å². The van der Waals surface area contributed by atoms with Crippen LogP contribution in [-0.2, 0) is 6.54 Å². The van der Waals surface area contributed by atoms with E-state index >= 15 is 0 Å². The van der Waals surface area contributed by atoms with Crippen molar-refractivity contribution in [3.8, 4) is 17.0 Å². The third-order valence-corrected chi connectivity index (χ3v) is 6.90. The Morgan fingerprint density at radius 2 is 1.97 bits per heavy atom. The molecule has 0 bridgehead atoms. The fraction of sp³-hybridized carbons (Fsp3) is 0.346. The first-order chi connectivity index (χ1) is 15.6. The summed E-state index contributed by atoms with van der Waals surface area (Å²) in [5.74, 6) is 1.65. The van der Waals surface area contributed by atoms with E-state index in [4.69, 9.17) is 14.3 Å². The van der Waals surface area contributed by atoms with Crippen LogP contribution in [-0.4, -0.2) is 29.5 Å². The molecule has 0 aliphatic heterocycles. The van der Waals surface area contributed by atoms with Gasteiger partial charge in [-0.25, -0.2) is 4.52 Å². The normalized spacial score (nSPS) is 13.6. The van der Waals surface area contributed by atoms with Crippen LogP contribution in [0.1, 0.15) is 29.5 Å². The molecule has 0 unspecified atom stereocenters. The molecule has 1 aliphatic carbocycles. The van der Waals surface area contributed by atoms with Gasteiger partial charge in [-0.2, -0.15) is 5.10 Å². The standard InChI is InChI=1S/C26H29N3O2S/c1-17-12-21(30-3)13-18(2)24(17)22-6-5-7-23-25(26(32-4)27-29(22)23)28(14-19-8-9-19)15-20-10-11-31-16-20/h5-7,10-13,16,19H,8-9,14-15H2,1-4H3. The van der Waals surface area contributed by atoms with E-state index in [2.05, 4.69) is 65.9 Å². The van der Waals surface area contributed by atoms with E-state index in [1.807, 2.05) is 6.26 Å². The van der Waals surface area contributed by atoms with Crippen molar-refractivity contribution in [3.05, 3.63) is 65.6 Å². The van der Waals surface area contributed by atoms with Gasteiger partial charge in [0.05, 0.1) is 36.5 Å². The van der Waals surface area contributed by atoms with Crippen LogP contribution in [0.15, 0.2) is 58.4 Å². The summed E-state index contributed by atoms with van der Waals surface area (Å²) in [4.78, 5) is 2.49. The number of benzene rings is 1. The van der Waals surface area contributed by atoms with E-state index in [1.54, 1.807) is 25.1 Å². The fourth-order valence-corrected chi connectivity index (χ4v) is 5.15. The van der Waals surface area contributed by atoms with Gasteiger partial charge in [0.2, 0.25) is 0 Å². The summed E-state index contributed by atoms with van der Waals surface area (Å²) in [5, 5.41) is 6.15. The number of furan rings is 1. The first-order valence-electron chi connectivity index (χ1n) is 11.1. The quantitative estimate of drug-likeness (QED) is 0.294. The predicted molar refractivity (Wildman–Crippen MR) is 131 cm³/mol. The van der Waals surface area contributed by atoms with Crippen molar-refractivity contribution >= 4 is 23.0 Å². The first kappa shape index (κ1) is 21.0. The number of thioether (sulfide) groups is 1. The van der Waals surface area contributed by atoms with Crippen LogP contribution >= 0.6 is 11.8 Å². The van der Waals surface area contributed by atoms with Gasteiger partial charge in [0.15, 0.2) is 0 Å². The van der Waals surface area contributed by atoms with Crippen LogP contribution in [0.5, 0.6) is 5.75 Å². The number of nitrogens with zero attached hydrogens (tertiary/aromatic N) is 3. The van der Waals surface area contributed by atoms with Crippen molar-refractivity contribution in [3.63, 3.8) is 0 Å². The van der Waals surface area contributed by atoms with Gasteiger partial charge in [-0.05, 0) is 80.3 Å². The van der Waals surface area contributed by atoms with E-state index < -0.39 is 0 Å². The number of aryl methyl sites for hydroxylation is 2. The Hall–Kier alpha value is -2.86. The van der Waals surface area contributed by atoms with Gasteiger partial charge in [0, 0.05) is 24.2 Å². The summed E-state index contributed by atoms with van der Waals surface area (Å²) >= 11 is 1.71. The minimum Gasteiger partial charge on any atom is -0.497 e. The summed E-state index contributed by atoms with van der Waals surface area (Å²) < 4.78 is 13.0. The summed E-state index contributed by atoms with van der Waals surface area (Å²) in [5.41, 5.74) is 8.24. The lowest BCUT2D eigenvalue weighted by Gasteiger charge is -2.24. The van der Waals surface area contributed by atoms with Crippen LogP contribution in [0.25, 0.3) is 16.8 Å². The molecule has 0 atom stereocenters. The van der Waals surface area contributed by atoms with Gasteiger partial charge < -0.3 is 14.1 Å². The highest BCUT2D eigenvalue weighted by atomic mass is 32.2. The Balaban J connectivity index is 1.66. The third-order valence-electron chi connectivity index (χ3n) is 6.24. The SMILES string of the molecule is COc1cc(C)c(-c2cccc3c(N(Cc4ccoc4)CC4CC4)c(SC)nn23)c(C)c1. The first-order valence-corrected chi connectivity index (χ1v) is 12.3. The van der Waals surface area contributed by atoms with Crippen molar-refractivity contribution in [1.29, 1.82) is 0 Å². The Morgan fingerprint density at radius 1 is 1.19 bits per heavy atom. The summed E-state index contributed by atoms with van der Waals surface area (Å²) in [7, 11) is 1.72. The van der Waals surface area contributed by atoms with E-state index in [9.17, 15) is 0 Å². The number of hydrogen-bond acceptors (Lipinski definition) is 5. The Kier molecular flexibility index (Phi) is 5.64. The van der Waals surface area contributed by atoms with E-state index in [-0.39, 0.29) is 0 Å². The lowest BCUT2D eigenvalue weighted by atomic mass is 9.99. The van der Waals surface area contributed by atoms with E-state index in [0.29, 0.717) is 0 Å². The largest absolute Gasteiger partial charge is 0.497 e. The molecular weight excluding hydrogens is 418 g/mol. The average Bonchev–Trinajstić information content (AvgIpc) is 3.30. The summed E-state index contributed by atoms with van der Waals surface area (Å²) in [6, 6.07) is 12.8. The molecule has 0 saturated heterocycles. The molecule has 3 heterocycles. The molecule has 1 aromatic carbocycles. The van der Waals surface area contributed by atoms with Gasteiger partial charge in [0.1, 0.15) is 10.8 Å². The Morgan fingerprint density at radius 3 is 2.59 bits per heavy atom. The van der Waals surface area contributed by atoms with Crippen LogP contribution < -0.4 is 9.64 Å². The second-order valence-corrected chi connectivity index (χ2v) is 9.45. The number of pyridine rings is 1. The number of rotatable bonds is 8. The molecule has 6 heteroatoms. The predicted octanol–water partition coefficient (Wildman–Crippen LogP) is 6.36. The second-order valence-electron chi connectivity index (χ2n) is 8.66. The minimum absolute atomic E-state index is 0.765. The minimum atomic E-state index is 0.765. The van der Waals surface area contributed by atoms with E-state index in [1.165, 1.54) is 40.8 Å². The maximum Gasteiger partial charge on any atom is 0.142 e. The van der Waals surface area contributed by atoms with Crippen LogP contribution in [0.2, 0.25) is 0 Å². The zero-order chi connectivity index (χ0) is 22.2. The van der Waals surface area contributed by atoms with Crippen molar-refractivity contribution < 1.29 is 9.15 Å². The Bertz CT molecular complexity index is 1220. The molecule has 1 aliphatic rings. The van der Waals surface area contributed by atoms with Crippen LogP contribution in [0, 0.1) is 19.8 Å². The number of aromatic nitrogens is 2. The van der Waals surface area contributed by atoms with Gasteiger partial charge >= 0.3 is 0 Å². The maximum absolute atomic E-state index is 5.48. The number of methoxy groups -OCH3 is 1. The molecule has 1 fully saturated rings. The summed E-state index contributed by atoms with van der Waals surface area (Å²) in [6.07, 6.45) is 8.34. The second kappa shape index (κ2) is 8.58. The third kappa shape index (κ3) is 3.88. The molecule has 32 heavy (non-hydrogen) atoms. The van der Waals surface area contributed by atoms with Gasteiger partial charge in [0.25, 0.3) is 0 Å². The molecule has 3 aromatic heterocycles. The van der Waals surface area contributed by atoms with Crippen LogP contribution in [0.4, 0.5) is 5.69 Å². The molecule has 5 nitrogen and oxygen atoms in total. The number of hydrogen-bond donors (Lipinski definition) is 0. The maximum atomic E-state index is 5.48. The molecule has 1 saturated carbocycles. The molecule has 0 radical (unpaired) electrons. The highest BCUT2D eigenvalue weighted by Crippen LogP contribution is 2.40. The van der Waals surface area contributed by atoms with Crippen molar-refractivity contribution in [2.75, 3.05) is 24.8 Å². The molecule has 166 valence electrons. The smallest absolute Gasteiger partial charge is 0.142 e. The molecule has 0 amide bonds. The number of anilines is 1. The lowest BCUT2D eigenvalue weighted by Crippen LogP contribution is -2.25. The van der Waals surface area contributed by atoms with Gasteiger partial charge in [-0.1, -0.05) is 6.07 Å². The van der Waals surface area contributed by atoms with Crippen molar-refractivity contribution in [2.45, 2.75) is 38.3 Å². The molecular formula is C26H29N3O2S. The molecule has 5 rings (SSSR count). The zero-order valence-electron chi connectivity index (χ0n) is 19.1. The Labute approximate surface area is 193 Å². The zero-order valence-corrected chi connectivity index (χ0v) is 19.9. The topological polar surface area (TPSA) is 42.9 Å². The molecule has 4 aromatic rings. The molecule has 0 spiro atoms. The monoisotopic (exact) mass is 447 g/mol.